The van der Waals surface area contributed by atoms with E-state index in [4.69, 9.17) is 10.6 Å². The maximum absolute atomic E-state index is 12.6. The number of nitrogen functional groups attached to an aromatic ring is 1. The highest BCUT2D eigenvalue weighted by molar-refractivity contribution is 7.99. The summed E-state index contributed by atoms with van der Waals surface area (Å²) >= 11 is 0.808. The number of nitrogens with two attached hydrogens (primary N) is 1. The lowest BCUT2D eigenvalue weighted by molar-refractivity contribution is -0.151. The second-order valence-corrected chi connectivity index (χ2v) is 5.93. The van der Waals surface area contributed by atoms with Crippen LogP contribution in [0.5, 0.6) is 0 Å². The Labute approximate surface area is 123 Å². The lowest BCUT2D eigenvalue weighted by Crippen LogP contribution is -2.25. The molecule has 0 atom stereocenters. The van der Waals surface area contributed by atoms with E-state index >= 15 is 0 Å². The molecule has 0 bridgehead atoms. The minimum Gasteiger partial charge on any atom is -0.459 e. The number of anilines is 1. The van der Waals surface area contributed by atoms with Crippen LogP contribution < -0.4 is 11.3 Å². The van der Waals surface area contributed by atoms with Gasteiger partial charge < -0.3 is 10.2 Å². The van der Waals surface area contributed by atoms with Gasteiger partial charge in [-0.2, -0.15) is 13.2 Å². The quantitative estimate of drug-likeness (QED) is 0.288. The number of hydrogen-bond donors (Lipinski definition) is 2. The van der Waals surface area contributed by atoms with Crippen molar-refractivity contribution in [2.45, 2.75) is 37.6 Å². The summed E-state index contributed by atoms with van der Waals surface area (Å²) in [4.78, 5) is 18.1. The first-order chi connectivity index (χ1) is 9.51. The highest BCUT2D eigenvalue weighted by atomic mass is 32.2. The number of ether oxygens (including phenoxy) is 1. The number of nitrogens with one attached hydrogen (secondary N) is 1. The lowest BCUT2D eigenvalue weighted by atomic mass is 10.2. The van der Waals surface area contributed by atoms with E-state index in [1.807, 2.05) is 5.43 Å². The Balaban J connectivity index is 2.82. The summed E-state index contributed by atoms with van der Waals surface area (Å²) in [6.07, 6.45) is -4.70. The fraction of sp³-hybridized carbons (Fsp3) is 0.545. The van der Waals surface area contributed by atoms with Gasteiger partial charge in [-0.3, -0.25) is 4.79 Å². The molecule has 0 spiro atoms. The molecule has 1 aromatic heterocycles. The molecule has 21 heavy (non-hydrogen) atoms. The maximum Gasteiger partial charge on any atom is 0.451 e. The van der Waals surface area contributed by atoms with Crippen LogP contribution in [-0.4, -0.2) is 27.3 Å². The molecule has 0 fully saturated rings. The molecule has 0 aliphatic rings. The zero-order valence-corrected chi connectivity index (χ0v) is 12.4. The minimum absolute atomic E-state index is 0.0314. The summed E-state index contributed by atoms with van der Waals surface area (Å²) in [6.45, 7) is 5.08. The molecule has 1 heterocycles. The van der Waals surface area contributed by atoms with Gasteiger partial charge in [-0.05, 0) is 20.8 Å². The first-order valence-electron chi connectivity index (χ1n) is 5.79. The van der Waals surface area contributed by atoms with Crippen molar-refractivity contribution in [1.29, 1.82) is 0 Å². The monoisotopic (exact) mass is 324 g/mol. The van der Waals surface area contributed by atoms with Crippen LogP contribution in [0.2, 0.25) is 0 Å². The van der Waals surface area contributed by atoms with Gasteiger partial charge in [-0.25, -0.2) is 15.8 Å². The van der Waals surface area contributed by atoms with Crippen molar-refractivity contribution < 1.29 is 22.7 Å². The van der Waals surface area contributed by atoms with Crippen LogP contribution >= 0.6 is 11.8 Å². The third kappa shape index (κ3) is 6.17. The number of carbonyl (C=O) groups is 1. The van der Waals surface area contributed by atoms with E-state index in [0.717, 1.165) is 11.8 Å². The molecule has 3 N–H and O–H groups in total. The van der Waals surface area contributed by atoms with E-state index in [1.54, 1.807) is 20.8 Å². The number of hydrogen-bond acceptors (Lipinski definition) is 7. The van der Waals surface area contributed by atoms with Crippen molar-refractivity contribution >= 4 is 23.5 Å². The average Bonchev–Trinajstić information content (AvgIpc) is 2.33. The van der Waals surface area contributed by atoms with Gasteiger partial charge in [0.25, 0.3) is 0 Å². The van der Waals surface area contributed by atoms with Crippen molar-refractivity contribution in [3.8, 4) is 0 Å². The van der Waals surface area contributed by atoms with Crippen molar-refractivity contribution in [2.24, 2.45) is 5.84 Å². The summed E-state index contributed by atoms with van der Waals surface area (Å²) < 4.78 is 42.9. The Kier molecular flexibility index (Phi) is 5.40. The zero-order chi connectivity index (χ0) is 16.3. The van der Waals surface area contributed by atoms with Gasteiger partial charge in [0.2, 0.25) is 5.82 Å². The van der Waals surface area contributed by atoms with Crippen LogP contribution in [0.3, 0.4) is 0 Å². The Morgan fingerprint density at radius 1 is 1.38 bits per heavy atom. The SMILES string of the molecule is CC(C)(C)OC(=O)CSc1cc(NN)nc(C(F)(F)F)n1. The van der Waals surface area contributed by atoms with Crippen LogP contribution in [0.1, 0.15) is 26.6 Å². The van der Waals surface area contributed by atoms with Crippen LogP contribution in [0.25, 0.3) is 0 Å². The molecule has 0 amide bonds. The number of hydrazine groups is 1. The fourth-order valence-corrected chi connectivity index (χ4v) is 1.87. The van der Waals surface area contributed by atoms with Gasteiger partial charge in [0.1, 0.15) is 16.4 Å². The third-order valence-corrected chi connectivity index (χ3v) is 2.75. The zero-order valence-electron chi connectivity index (χ0n) is 11.6. The lowest BCUT2D eigenvalue weighted by Gasteiger charge is -2.19. The van der Waals surface area contributed by atoms with E-state index in [2.05, 4.69) is 9.97 Å². The summed E-state index contributed by atoms with van der Waals surface area (Å²) in [5.41, 5.74) is 1.36. The smallest absolute Gasteiger partial charge is 0.451 e. The molecule has 1 aromatic rings. The Bertz CT molecular complexity index is 517. The average molecular weight is 324 g/mol. The van der Waals surface area contributed by atoms with Crippen molar-refractivity contribution in [3.05, 3.63) is 11.9 Å². The third-order valence-electron chi connectivity index (χ3n) is 1.86. The molecule has 6 nitrogen and oxygen atoms in total. The number of halogens is 3. The van der Waals surface area contributed by atoms with Crippen molar-refractivity contribution in [1.82, 2.24) is 9.97 Å². The van der Waals surface area contributed by atoms with Gasteiger partial charge >= 0.3 is 12.1 Å². The van der Waals surface area contributed by atoms with E-state index < -0.39 is 23.6 Å². The van der Waals surface area contributed by atoms with Gasteiger partial charge in [-0.15, -0.1) is 0 Å². The molecule has 0 radical (unpaired) electrons. The predicted octanol–water partition coefficient (Wildman–Crippen LogP) is 2.21. The molecule has 10 heteroatoms. The molecule has 0 aliphatic carbocycles. The van der Waals surface area contributed by atoms with Crippen LogP contribution in [0.4, 0.5) is 19.0 Å². The molecule has 0 aromatic carbocycles. The fourth-order valence-electron chi connectivity index (χ4n) is 1.20. The van der Waals surface area contributed by atoms with E-state index in [9.17, 15) is 18.0 Å². The molecule has 0 saturated carbocycles. The molecule has 1 rings (SSSR count). The molecular formula is C11H15F3N4O2S. The number of alkyl halides is 3. The molecule has 0 aliphatic heterocycles. The van der Waals surface area contributed by atoms with Crippen LogP contribution in [0, 0.1) is 0 Å². The predicted molar refractivity (Wildman–Crippen MR) is 71.4 cm³/mol. The van der Waals surface area contributed by atoms with Gasteiger partial charge in [-0.1, -0.05) is 11.8 Å². The number of rotatable bonds is 4. The summed E-state index contributed by atoms with van der Waals surface area (Å²) in [5, 5.41) is -0.0314. The van der Waals surface area contributed by atoms with Crippen LogP contribution in [0.15, 0.2) is 11.1 Å². The Morgan fingerprint density at radius 3 is 2.48 bits per heavy atom. The summed E-state index contributed by atoms with van der Waals surface area (Å²) in [5.74, 6) is 2.82. The largest absolute Gasteiger partial charge is 0.459 e. The minimum atomic E-state index is -4.70. The topological polar surface area (TPSA) is 90.1 Å². The van der Waals surface area contributed by atoms with Gasteiger partial charge in [0.05, 0.1) is 5.75 Å². The molecule has 118 valence electrons. The maximum atomic E-state index is 12.6. The highest BCUT2D eigenvalue weighted by Gasteiger charge is 2.35. The number of aromatic nitrogens is 2. The first-order valence-corrected chi connectivity index (χ1v) is 6.77. The molecular weight excluding hydrogens is 309 g/mol. The number of thioether (sulfide) groups is 1. The number of nitrogens with zero attached hydrogens (tertiary/aromatic N) is 2. The summed E-state index contributed by atoms with van der Waals surface area (Å²) in [7, 11) is 0. The Morgan fingerprint density at radius 2 is 2.00 bits per heavy atom. The van der Waals surface area contributed by atoms with E-state index in [0.29, 0.717) is 0 Å². The van der Waals surface area contributed by atoms with Crippen molar-refractivity contribution in [2.75, 3.05) is 11.2 Å². The summed E-state index contributed by atoms with van der Waals surface area (Å²) in [6, 6.07) is 1.21. The Hall–Kier alpha value is -1.55. The van der Waals surface area contributed by atoms with Gasteiger partial charge in [0.15, 0.2) is 0 Å². The normalized spacial score (nSPS) is 12.1. The second kappa shape index (κ2) is 6.48. The standard InChI is InChI=1S/C11H15F3N4O2S/c1-10(2,3)20-8(19)5-21-7-4-6(18-15)16-9(17-7)11(12,13)14/h4H,5,15H2,1-3H3,(H,16,17,18). The van der Waals surface area contributed by atoms with E-state index in [-0.39, 0.29) is 16.6 Å². The first kappa shape index (κ1) is 17.5. The number of carbonyl (C=O) groups excluding carboxylic acids is 1. The van der Waals surface area contributed by atoms with Crippen molar-refractivity contribution in [3.63, 3.8) is 0 Å². The van der Waals surface area contributed by atoms with E-state index in [1.165, 1.54) is 6.07 Å². The van der Waals surface area contributed by atoms with Crippen LogP contribution in [-0.2, 0) is 15.7 Å². The molecule has 0 unspecified atom stereocenters. The highest BCUT2D eigenvalue weighted by Crippen LogP contribution is 2.29. The number of esters is 1. The van der Waals surface area contributed by atoms with Gasteiger partial charge in [0, 0.05) is 6.07 Å². The second-order valence-electron chi connectivity index (χ2n) is 4.93. The molecule has 0 saturated heterocycles.